The highest BCUT2D eigenvalue weighted by Crippen LogP contribution is 2.29. The van der Waals surface area contributed by atoms with Crippen LogP contribution >= 0.6 is 0 Å². The van der Waals surface area contributed by atoms with Crippen LogP contribution in [-0.2, 0) is 19.4 Å². The Morgan fingerprint density at radius 2 is 1.60 bits per heavy atom. The lowest BCUT2D eigenvalue weighted by atomic mass is 10.3. The number of esters is 1. The summed E-state index contributed by atoms with van der Waals surface area (Å²) in [6.45, 7) is 3.75. The average molecular weight is 607 g/mol. The van der Waals surface area contributed by atoms with E-state index < -0.39 is 38.3 Å². The molecular weight excluding hydrogens is 579 g/mol. The largest absolute Gasteiger partial charge is 0.479 e. The maximum absolute atomic E-state index is 14.0. The number of nitrogens with zero attached hydrogens (tertiary/aromatic N) is 4. The summed E-state index contributed by atoms with van der Waals surface area (Å²) < 4.78 is 58.4. The molecule has 5 rings (SSSR count). The number of fused-ring (bicyclic) bond motifs is 1. The van der Waals surface area contributed by atoms with Crippen molar-refractivity contribution in [2.45, 2.75) is 31.4 Å². The van der Waals surface area contributed by atoms with E-state index in [1.165, 1.54) is 16.8 Å². The molecule has 1 atom stereocenters. The van der Waals surface area contributed by atoms with E-state index in [4.69, 9.17) is 14.2 Å². The Bertz CT molecular complexity index is 1940. The number of ether oxygens (including phenoxy) is 3. The normalized spacial score (nSPS) is 12.2. The van der Waals surface area contributed by atoms with Crippen LogP contribution in [0.25, 0.3) is 22.4 Å². The summed E-state index contributed by atoms with van der Waals surface area (Å²) >= 11 is 0. The summed E-state index contributed by atoms with van der Waals surface area (Å²) in [5, 5.41) is 3.53. The Balaban J connectivity index is 1.62. The first-order valence-corrected chi connectivity index (χ1v) is 15.1. The lowest BCUT2D eigenvalue weighted by molar-refractivity contribution is -0.151. The molecule has 222 valence electrons. The van der Waals surface area contributed by atoms with Crippen LogP contribution in [0, 0.1) is 5.82 Å². The molecule has 0 N–H and O–H groups in total. The van der Waals surface area contributed by atoms with Gasteiger partial charge in [0.25, 0.3) is 5.56 Å². The fourth-order valence-corrected chi connectivity index (χ4v) is 4.96. The second-order valence-corrected chi connectivity index (χ2v) is 11.5. The number of halogens is 1. The summed E-state index contributed by atoms with van der Waals surface area (Å²) in [5.41, 5.74) is -0.187. The third kappa shape index (κ3) is 6.26. The molecule has 0 aliphatic rings. The van der Waals surface area contributed by atoms with Crippen LogP contribution in [0.5, 0.6) is 17.5 Å². The first-order valence-electron chi connectivity index (χ1n) is 13.2. The SMILES string of the molecule is CCCOC(=O)C(C)Oc1ccc(Oc2nc3c(c(S(C)(=O)=O)nn3-c3ccccc3)c(=O)n2-c2ccc(F)cc2)cc1. The number of carbonyl (C=O) groups is 1. The molecule has 0 radical (unpaired) electrons. The predicted molar refractivity (Wildman–Crippen MR) is 155 cm³/mol. The van der Waals surface area contributed by atoms with Gasteiger partial charge >= 0.3 is 12.0 Å². The van der Waals surface area contributed by atoms with Crippen LogP contribution in [-0.4, -0.2) is 52.7 Å². The van der Waals surface area contributed by atoms with Crippen LogP contribution in [0.2, 0.25) is 0 Å². The molecule has 0 fully saturated rings. The molecule has 1 unspecified atom stereocenters. The molecule has 0 aliphatic heterocycles. The van der Waals surface area contributed by atoms with Crippen molar-refractivity contribution in [3.05, 3.63) is 95.0 Å². The van der Waals surface area contributed by atoms with Gasteiger partial charge in [-0.3, -0.25) is 4.79 Å². The second-order valence-electron chi connectivity index (χ2n) is 9.54. The monoisotopic (exact) mass is 606 g/mol. The third-order valence-corrected chi connectivity index (χ3v) is 7.19. The van der Waals surface area contributed by atoms with Gasteiger partial charge in [-0.1, -0.05) is 25.1 Å². The van der Waals surface area contributed by atoms with Crippen molar-refractivity contribution < 1.29 is 31.8 Å². The molecule has 0 bridgehead atoms. The highest BCUT2D eigenvalue weighted by molar-refractivity contribution is 7.90. The highest BCUT2D eigenvalue weighted by Gasteiger charge is 2.28. The smallest absolute Gasteiger partial charge is 0.347 e. The molecule has 11 nitrogen and oxygen atoms in total. The number of aromatic nitrogens is 4. The standard InChI is InChI=1S/C30H27FN4O7S/c1-4-18-40-29(37)19(2)41-23-14-16-24(17-15-23)42-30-32-26-25(28(36)34(30)21-12-10-20(31)11-13-21)27(43(3,38)39)33-35(26)22-8-6-5-7-9-22/h5-17,19H,4,18H2,1-3H3. The number of carbonyl (C=O) groups excluding carboxylic acids is 1. The van der Waals surface area contributed by atoms with Crippen molar-refractivity contribution in [3.8, 4) is 28.9 Å². The fraction of sp³-hybridized carbons (Fsp3) is 0.200. The van der Waals surface area contributed by atoms with Crippen LogP contribution in [0.3, 0.4) is 0 Å². The summed E-state index contributed by atoms with van der Waals surface area (Å²) in [6.07, 6.45) is 0.799. The summed E-state index contributed by atoms with van der Waals surface area (Å²) in [5.74, 6) is -0.422. The minimum Gasteiger partial charge on any atom is -0.479 e. The number of para-hydroxylation sites is 1. The van der Waals surface area contributed by atoms with Gasteiger partial charge in [0.15, 0.2) is 26.6 Å². The van der Waals surface area contributed by atoms with Gasteiger partial charge in [-0.2, -0.15) is 10.1 Å². The van der Waals surface area contributed by atoms with E-state index in [2.05, 4.69) is 10.1 Å². The Hall–Kier alpha value is -5.04. The molecule has 0 saturated heterocycles. The maximum Gasteiger partial charge on any atom is 0.347 e. The Morgan fingerprint density at radius 1 is 0.953 bits per heavy atom. The molecule has 5 aromatic rings. The van der Waals surface area contributed by atoms with Crippen molar-refractivity contribution >= 4 is 26.8 Å². The Labute approximate surface area is 246 Å². The quantitative estimate of drug-likeness (QED) is 0.209. The van der Waals surface area contributed by atoms with Gasteiger partial charge < -0.3 is 14.2 Å². The van der Waals surface area contributed by atoms with Gasteiger partial charge in [0.2, 0.25) is 0 Å². The topological polar surface area (TPSA) is 132 Å². The zero-order valence-electron chi connectivity index (χ0n) is 23.4. The second kappa shape index (κ2) is 12.1. The average Bonchev–Trinajstić information content (AvgIpc) is 3.39. The zero-order chi connectivity index (χ0) is 30.7. The van der Waals surface area contributed by atoms with E-state index in [0.29, 0.717) is 24.5 Å². The van der Waals surface area contributed by atoms with Crippen LogP contribution < -0.4 is 15.0 Å². The molecule has 0 saturated carbocycles. The minimum atomic E-state index is -3.98. The van der Waals surface area contributed by atoms with Crippen molar-refractivity contribution in [3.63, 3.8) is 0 Å². The molecule has 0 spiro atoms. The Kier molecular flexibility index (Phi) is 8.26. The molecule has 3 aromatic carbocycles. The van der Waals surface area contributed by atoms with Gasteiger partial charge in [-0.25, -0.2) is 26.9 Å². The van der Waals surface area contributed by atoms with Gasteiger partial charge in [-0.05, 0) is 74.0 Å². The van der Waals surface area contributed by atoms with E-state index >= 15 is 0 Å². The molecule has 0 amide bonds. The fourth-order valence-electron chi connectivity index (χ4n) is 4.18. The first kappa shape index (κ1) is 29.5. The molecule has 2 heterocycles. The molecule has 13 heteroatoms. The highest BCUT2D eigenvalue weighted by atomic mass is 32.2. The predicted octanol–water partition coefficient (Wildman–Crippen LogP) is 4.63. The lowest BCUT2D eigenvalue weighted by Gasteiger charge is -2.15. The van der Waals surface area contributed by atoms with E-state index in [1.54, 1.807) is 61.5 Å². The molecule has 0 aliphatic carbocycles. The Morgan fingerprint density at radius 3 is 2.23 bits per heavy atom. The van der Waals surface area contributed by atoms with E-state index in [0.717, 1.165) is 23.0 Å². The number of benzene rings is 3. The van der Waals surface area contributed by atoms with Gasteiger partial charge in [0.1, 0.15) is 22.7 Å². The van der Waals surface area contributed by atoms with Crippen LogP contribution in [0.1, 0.15) is 20.3 Å². The maximum atomic E-state index is 14.0. The van der Waals surface area contributed by atoms with Gasteiger partial charge in [0.05, 0.1) is 18.0 Å². The lowest BCUT2D eigenvalue weighted by Crippen LogP contribution is -2.26. The van der Waals surface area contributed by atoms with Gasteiger partial charge in [0, 0.05) is 6.26 Å². The summed E-state index contributed by atoms with van der Waals surface area (Å²) in [6, 6.07) is 19.6. The zero-order valence-corrected chi connectivity index (χ0v) is 24.2. The van der Waals surface area contributed by atoms with E-state index in [9.17, 15) is 22.4 Å². The van der Waals surface area contributed by atoms with Crippen molar-refractivity contribution in [2.75, 3.05) is 12.9 Å². The van der Waals surface area contributed by atoms with Gasteiger partial charge in [-0.15, -0.1) is 0 Å². The van der Waals surface area contributed by atoms with Crippen molar-refractivity contribution in [1.29, 1.82) is 0 Å². The molecular formula is C30H27FN4O7S. The first-order chi connectivity index (χ1) is 20.6. The van der Waals surface area contributed by atoms with E-state index in [-0.39, 0.29) is 28.5 Å². The minimum absolute atomic E-state index is 0.0515. The summed E-state index contributed by atoms with van der Waals surface area (Å²) in [7, 11) is -3.98. The van der Waals surface area contributed by atoms with Crippen molar-refractivity contribution in [1.82, 2.24) is 19.3 Å². The molecule has 43 heavy (non-hydrogen) atoms. The van der Waals surface area contributed by atoms with Crippen LogP contribution in [0.4, 0.5) is 4.39 Å². The number of sulfone groups is 1. The molecule has 2 aromatic heterocycles. The van der Waals surface area contributed by atoms with Crippen LogP contribution in [0.15, 0.2) is 88.7 Å². The number of rotatable bonds is 10. The third-order valence-electron chi connectivity index (χ3n) is 6.20. The van der Waals surface area contributed by atoms with Crippen molar-refractivity contribution in [2.24, 2.45) is 0 Å². The summed E-state index contributed by atoms with van der Waals surface area (Å²) in [4.78, 5) is 30.6. The number of hydrogen-bond acceptors (Lipinski definition) is 9. The van der Waals surface area contributed by atoms with E-state index in [1.807, 2.05) is 6.92 Å². The number of hydrogen-bond donors (Lipinski definition) is 0.